The fraction of sp³-hybridized carbons (Fsp3) is 0.526. The zero-order chi connectivity index (χ0) is 20.0. The van der Waals surface area contributed by atoms with E-state index in [4.69, 9.17) is 10.6 Å². The number of amides is 1. The van der Waals surface area contributed by atoms with E-state index in [0.29, 0.717) is 23.4 Å². The predicted molar refractivity (Wildman–Crippen MR) is 108 cm³/mol. The van der Waals surface area contributed by atoms with Gasteiger partial charge >= 0.3 is 0 Å². The van der Waals surface area contributed by atoms with Crippen LogP contribution in [0.2, 0.25) is 0 Å². The second-order valence-electron chi connectivity index (χ2n) is 6.80. The molecule has 2 rings (SSSR count). The van der Waals surface area contributed by atoms with Gasteiger partial charge in [-0.05, 0) is 43.4 Å². The molecule has 0 aliphatic carbocycles. The highest BCUT2D eigenvalue weighted by molar-refractivity contribution is 8.00. The van der Waals surface area contributed by atoms with Crippen molar-refractivity contribution in [3.63, 3.8) is 0 Å². The van der Waals surface area contributed by atoms with Crippen molar-refractivity contribution in [1.82, 2.24) is 20.2 Å². The van der Waals surface area contributed by atoms with Crippen molar-refractivity contribution in [2.24, 2.45) is 0 Å². The van der Waals surface area contributed by atoms with Crippen LogP contribution in [0.5, 0.6) is 5.75 Å². The molecule has 1 aromatic carbocycles. The Kier molecular flexibility index (Phi) is 7.53. The number of nitrogens with one attached hydrogen (secondary N) is 1. The Hall–Kier alpha value is -2.22. The number of benzene rings is 1. The first-order chi connectivity index (χ1) is 12.8. The van der Waals surface area contributed by atoms with E-state index >= 15 is 0 Å². The van der Waals surface area contributed by atoms with E-state index in [1.165, 1.54) is 16.4 Å². The lowest BCUT2D eigenvalue weighted by Gasteiger charge is -2.14. The number of carbonyl (C=O) groups is 1. The molecule has 0 aliphatic rings. The van der Waals surface area contributed by atoms with Gasteiger partial charge in [0.2, 0.25) is 11.1 Å². The maximum Gasteiger partial charge on any atom is 0.233 e. The molecular formula is C19H29N5O2S. The molecule has 0 aliphatic heterocycles. The summed E-state index contributed by atoms with van der Waals surface area (Å²) in [5.41, 5.74) is 2.27. The fourth-order valence-corrected chi connectivity index (χ4v) is 3.29. The minimum Gasteiger partial charge on any atom is -0.485 e. The largest absolute Gasteiger partial charge is 0.485 e. The van der Waals surface area contributed by atoms with E-state index < -0.39 is 0 Å². The SMILES string of the molecule is CCCNC(=O)C(C)Sc1nnc(COc2cc(C)ccc2C(C)C)n1N. The van der Waals surface area contributed by atoms with Gasteiger partial charge in [-0.15, -0.1) is 10.2 Å². The molecule has 1 atom stereocenters. The molecule has 8 heteroatoms. The molecule has 0 spiro atoms. The van der Waals surface area contributed by atoms with Gasteiger partial charge in [0.1, 0.15) is 12.4 Å². The van der Waals surface area contributed by atoms with Crippen molar-refractivity contribution >= 4 is 17.7 Å². The third-order valence-corrected chi connectivity index (χ3v) is 5.14. The van der Waals surface area contributed by atoms with Crippen molar-refractivity contribution in [1.29, 1.82) is 0 Å². The maximum atomic E-state index is 12.0. The Balaban J connectivity index is 2.04. The average Bonchev–Trinajstić information content (AvgIpc) is 2.97. The van der Waals surface area contributed by atoms with Crippen molar-refractivity contribution in [2.45, 2.75) is 64.0 Å². The lowest BCUT2D eigenvalue weighted by molar-refractivity contribution is -0.120. The first kappa shape index (κ1) is 21.1. The highest BCUT2D eigenvalue weighted by atomic mass is 32.2. The molecule has 2 aromatic rings. The lowest BCUT2D eigenvalue weighted by Crippen LogP contribution is -2.31. The van der Waals surface area contributed by atoms with E-state index in [0.717, 1.165) is 23.3 Å². The highest BCUT2D eigenvalue weighted by Gasteiger charge is 2.19. The summed E-state index contributed by atoms with van der Waals surface area (Å²) in [5, 5.41) is 11.3. The van der Waals surface area contributed by atoms with Crippen molar-refractivity contribution < 1.29 is 9.53 Å². The van der Waals surface area contributed by atoms with Crippen LogP contribution >= 0.6 is 11.8 Å². The number of hydrogen-bond donors (Lipinski definition) is 2. The summed E-state index contributed by atoms with van der Waals surface area (Å²) < 4.78 is 7.36. The van der Waals surface area contributed by atoms with Gasteiger partial charge in [0.15, 0.2) is 5.82 Å². The number of nitrogens with two attached hydrogens (primary N) is 1. The lowest BCUT2D eigenvalue weighted by atomic mass is 10.0. The van der Waals surface area contributed by atoms with E-state index in [9.17, 15) is 4.79 Å². The molecule has 148 valence electrons. The zero-order valence-electron chi connectivity index (χ0n) is 16.7. The number of aryl methyl sites for hydroxylation is 1. The quantitative estimate of drug-likeness (QED) is 0.504. The van der Waals surface area contributed by atoms with Gasteiger partial charge in [0.05, 0.1) is 5.25 Å². The topological polar surface area (TPSA) is 95.1 Å². The number of aromatic nitrogens is 3. The molecule has 27 heavy (non-hydrogen) atoms. The van der Waals surface area contributed by atoms with Gasteiger partial charge in [-0.25, -0.2) is 4.68 Å². The number of ether oxygens (including phenoxy) is 1. The molecule has 1 heterocycles. The molecular weight excluding hydrogens is 362 g/mol. The van der Waals surface area contributed by atoms with Crippen molar-refractivity contribution in [3.05, 3.63) is 35.2 Å². The minimum atomic E-state index is -0.305. The van der Waals surface area contributed by atoms with Crippen molar-refractivity contribution in [2.75, 3.05) is 12.4 Å². The Morgan fingerprint density at radius 1 is 1.33 bits per heavy atom. The standard InChI is InChI=1S/C19H29N5O2S/c1-6-9-21-18(25)14(5)27-19-23-22-17(24(19)20)11-26-16-10-13(4)7-8-15(16)12(2)3/h7-8,10,12,14H,6,9,11,20H2,1-5H3,(H,21,25). The van der Waals surface area contributed by atoms with Crippen LogP contribution in [0.3, 0.4) is 0 Å². The second kappa shape index (κ2) is 9.64. The molecule has 1 amide bonds. The molecule has 1 unspecified atom stereocenters. The van der Waals surface area contributed by atoms with Crippen LogP contribution in [0.4, 0.5) is 0 Å². The first-order valence-electron chi connectivity index (χ1n) is 9.20. The molecule has 0 bridgehead atoms. The van der Waals surface area contributed by atoms with Crippen LogP contribution in [-0.4, -0.2) is 32.6 Å². The third kappa shape index (κ3) is 5.63. The summed E-state index contributed by atoms with van der Waals surface area (Å²) in [6.07, 6.45) is 0.898. The smallest absolute Gasteiger partial charge is 0.233 e. The average molecular weight is 392 g/mol. The number of nitrogen functional groups attached to an aromatic ring is 1. The Bertz CT molecular complexity index is 775. The third-order valence-electron chi connectivity index (χ3n) is 4.08. The van der Waals surface area contributed by atoms with Gasteiger partial charge in [-0.2, -0.15) is 0 Å². The van der Waals surface area contributed by atoms with E-state index in [1.54, 1.807) is 0 Å². The van der Waals surface area contributed by atoms with Gasteiger partial charge in [0, 0.05) is 6.54 Å². The molecule has 3 N–H and O–H groups in total. The Labute approximate surface area is 165 Å². The number of rotatable bonds is 9. The molecule has 0 saturated heterocycles. The maximum absolute atomic E-state index is 12.0. The number of nitrogens with zero attached hydrogens (tertiary/aromatic N) is 3. The van der Waals surface area contributed by atoms with Gasteiger partial charge < -0.3 is 15.9 Å². The zero-order valence-corrected chi connectivity index (χ0v) is 17.5. The summed E-state index contributed by atoms with van der Waals surface area (Å²) in [6, 6.07) is 6.18. The normalized spacial score (nSPS) is 12.2. The van der Waals surface area contributed by atoms with Gasteiger partial charge in [0.25, 0.3) is 0 Å². The second-order valence-corrected chi connectivity index (χ2v) is 8.11. The highest BCUT2D eigenvalue weighted by Crippen LogP contribution is 2.28. The Morgan fingerprint density at radius 3 is 2.74 bits per heavy atom. The van der Waals surface area contributed by atoms with Gasteiger partial charge in [-0.3, -0.25) is 4.79 Å². The van der Waals surface area contributed by atoms with Crippen molar-refractivity contribution in [3.8, 4) is 5.75 Å². The van der Waals surface area contributed by atoms with Crippen LogP contribution < -0.4 is 15.9 Å². The summed E-state index contributed by atoms with van der Waals surface area (Å²) in [6.45, 7) is 11.0. The summed E-state index contributed by atoms with van der Waals surface area (Å²) in [4.78, 5) is 12.0. The summed E-state index contributed by atoms with van der Waals surface area (Å²) >= 11 is 1.28. The minimum absolute atomic E-state index is 0.0380. The number of carbonyl (C=O) groups excluding carboxylic acids is 1. The van der Waals surface area contributed by atoms with E-state index in [-0.39, 0.29) is 17.8 Å². The predicted octanol–water partition coefficient (Wildman–Crippen LogP) is 3.01. The van der Waals surface area contributed by atoms with Crippen LogP contribution in [-0.2, 0) is 11.4 Å². The fourth-order valence-electron chi connectivity index (χ4n) is 2.48. The van der Waals surface area contributed by atoms with Crippen LogP contribution in [0.15, 0.2) is 23.4 Å². The molecule has 0 radical (unpaired) electrons. The molecule has 7 nitrogen and oxygen atoms in total. The Morgan fingerprint density at radius 2 is 2.07 bits per heavy atom. The number of thioether (sulfide) groups is 1. The first-order valence-corrected chi connectivity index (χ1v) is 10.1. The number of hydrogen-bond acceptors (Lipinski definition) is 6. The molecule has 1 aromatic heterocycles. The van der Waals surface area contributed by atoms with Crippen LogP contribution in [0, 0.1) is 6.92 Å². The van der Waals surface area contributed by atoms with E-state index in [1.807, 2.05) is 26.8 Å². The monoisotopic (exact) mass is 391 g/mol. The van der Waals surface area contributed by atoms with Gasteiger partial charge in [-0.1, -0.05) is 44.7 Å². The van der Waals surface area contributed by atoms with Crippen LogP contribution in [0.25, 0.3) is 0 Å². The summed E-state index contributed by atoms with van der Waals surface area (Å²) in [5.74, 6) is 7.75. The molecule has 0 saturated carbocycles. The van der Waals surface area contributed by atoms with Crippen LogP contribution in [0.1, 0.15) is 57.0 Å². The van der Waals surface area contributed by atoms with E-state index in [2.05, 4.69) is 41.5 Å². The summed E-state index contributed by atoms with van der Waals surface area (Å²) in [7, 11) is 0. The molecule has 0 fully saturated rings.